The van der Waals surface area contributed by atoms with E-state index in [0.717, 1.165) is 11.3 Å². The number of anilines is 1. The quantitative estimate of drug-likeness (QED) is 0.650. The predicted molar refractivity (Wildman–Crippen MR) is 124 cm³/mol. The highest BCUT2D eigenvalue weighted by atomic mass is 32.2. The lowest BCUT2D eigenvalue weighted by atomic mass is 10.0. The predicted octanol–water partition coefficient (Wildman–Crippen LogP) is 3.95. The van der Waals surface area contributed by atoms with Crippen LogP contribution in [0.4, 0.5) is 5.82 Å². The molecule has 1 amide bonds. The van der Waals surface area contributed by atoms with E-state index in [1.807, 2.05) is 52.0 Å². The van der Waals surface area contributed by atoms with Gasteiger partial charge in [0.2, 0.25) is 10.0 Å². The van der Waals surface area contributed by atoms with Gasteiger partial charge in [-0.25, -0.2) is 13.1 Å². The Morgan fingerprint density at radius 1 is 1.03 bits per heavy atom. The van der Waals surface area contributed by atoms with E-state index >= 15 is 0 Å². The highest BCUT2D eigenvalue weighted by Crippen LogP contribution is 2.26. The number of nitrogens with zero attached hydrogens (tertiary/aromatic N) is 3. The van der Waals surface area contributed by atoms with Crippen LogP contribution in [0.1, 0.15) is 48.0 Å². The number of sulfonamides is 1. The van der Waals surface area contributed by atoms with Gasteiger partial charge >= 0.3 is 0 Å². The smallest absolute Gasteiger partial charge is 0.256 e. The van der Waals surface area contributed by atoms with Gasteiger partial charge in [0.05, 0.1) is 16.1 Å². The number of rotatable bonds is 4. The van der Waals surface area contributed by atoms with Crippen LogP contribution in [0.2, 0.25) is 0 Å². The van der Waals surface area contributed by atoms with Crippen molar-refractivity contribution < 1.29 is 13.2 Å². The molecule has 0 fully saturated rings. The third-order valence-corrected chi connectivity index (χ3v) is 7.38. The Bertz CT molecular complexity index is 1270. The van der Waals surface area contributed by atoms with Crippen molar-refractivity contribution >= 4 is 21.7 Å². The van der Waals surface area contributed by atoms with Crippen molar-refractivity contribution in [3.05, 3.63) is 77.0 Å². The summed E-state index contributed by atoms with van der Waals surface area (Å²) in [7, 11) is -3.73. The number of hydrogen-bond acceptors (Lipinski definition) is 4. The second kappa shape index (κ2) is 8.18. The minimum atomic E-state index is -3.73. The van der Waals surface area contributed by atoms with E-state index in [-0.39, 0.29) is 21.9 Å². The molecule has 0 spiro atoms. The fourth-order valence-corrected chi connectivity index (χ4v) is 5.38. The molecule has 3 aromatic rings. The number of carbonyl (C=O) groups excluding carboxylic acids is 1. The lowest BCUT2D eigenvalue weighted by Crippen LogP contribution is -2.36. The average Bonchev–Trinajstić information content (AvgIpc) is 3.14. The van der Waals surface area contributed by atoms with Crippen LogP contribution in [0, 0.1) is 6.92 Å². The highest BCUT2D eigenvalue weighted by Gasteiger charge is 2.29. The molecule has 2 aromatic carbocycles. The van der Waals surface area contributed by atoms with Crippen molar-refractivity contribution in [1.29, 1.82) is 0 Å². The number of amides is 1. The van der Waals surface area contributed by atoms with Crippen molar-refractivity contribution in [2.24, 2.45) is 0 Å². The molecule has 0 bridgehead atoms. The summed E-state index contributed by atoms with van der Waals surface area (Å²) >= 11 is 0. The average molecular weight is 453 g/mol. The molecule has 0 saturated carbocycles. The minimum Gasteiger partial charge on any atom is -0.307 e. The maximum Gasteiger partial charge on any atom is 0.256 e. The maximum absolute atomic E-state index is 13.3. The number of aryl methyl sites for hydroxylation is 1. The van der Waals surface area contributed by atoms with Gasteiger partial charge in [0, 0.05) is 24.7 Å². The molecular formula is C24H28N4O3S. The van der Waals surface area contributed by atoms with Gasteiger partial charge in [-0.3, -0.25) is 4.79 Å². The molecule has 1 aliphatic rings. The van der Waals surface area contributed by atoms with Gasteiger partial charge in [0.25, 0.3) is 5.91 Å². The zero-order chi connectivity index (χ0) is 23.1. The summed E-state index contributed by atoms with van der Waals surface area (Å²) < 4.78 is 29.8. The second-order valence-electron chi connectivity index (χ2n) is 9.09. The van der Waals surface area contributed by atoms with E-state index in [1.165, 1.54) is 22.0 Å². The highest BCUT2D eigenvalue weighted by molar-refractivity contribution is 7.89. The fraction of sp³-hybridized carbons (Fsp3) is 0.333. The van der Waals surface area contributed by atoms with Gasteiger partial charge in [0.1, 0.15) is 5.82 Å². The molecule has 4 rings (SSSR count). The first kappa shape index (κ1) is 22.2. The van der Waals surface area contributed by atoms with Crippen LogP contribution in [0.5, 0.6) is 0 Å². The van der Waals surface area contributed by atoms with Gasteiger partial charge in [-0.15, -0.1) is 0 Å². The van der Waals surface area contributed by atoms with E-state index in [1.54, 1.807) is 22.9 Å². The fourth-order valence-electron chi connectivity index (χ4n) is 3.91. The molecule has 0 saturated heterocycles. The Kier molecular flexibility index (Phi) is 5.68. The van der Waals surface area contributed by atoms with Crippen LogP contribution in [-0.2, 0) is 28.5 Å². The molecule has 0 radical (unpaired) electrons. The molecule has 8 heteroatoms. The van der Waals surface area contributed by atoms with Crippen molar-refractivity contribution in [2.75, 3.05) is 11.9 Å². The number of fused-ring (bicyclic) bond motifs is 1. The number of benzene rings is 2. The van der Waals surface area contributed by atoms with E-state index in [0.29, 0.717) is 25.3 Å². The first-order chi connectivity index (χ1) is 15.1. The summed E-state index contributed by atoms with van der Waals surface area (Å²) in [5, 5.41) is 7.34. The summed E-state index contributed by atoms with van der Waals surface area (Å²) in [6.07, 6.45) is 0.672. The van der Waals surface area contributed by atoms with E-state index < -0.39 is 10.0 Å². The molecule has 2 heterocycles. The Hall–Kier alpha value is -2.97. The number of nitrogens with one attached hydrogen (secondary N) is 1. The van der Waals surface area contributed by atoms with Gasteiger partial charge in [-0.05, 0) is 63.4 Å². The molecule has 0 aliphatic carbocycles. The van der Waals surface area contributed by atoms with E-state index in [9.17, 15) is 13.2 Å². The molecule has 0 unspecified atom stereocenters. The zero-order valence-corrected chi connectivity index (χ0v) is 19.6. The monoisotopic (exact) mass is 452 g/mol. The van der Waals surface area contributed by atoms with E-state index in [2.05, 4.69) is 10.4 Å². The van der Waals surface area contributed by atoms with Crippen molar-refractivity contribution in [3.63, 3.8) is 0 Å². The standard InChI is InChI=1S/C24H28N4O3S/c1-17-14-22(28(26-17)24(2,3)4)25-23(29)19-10-7-11-21(15-19)32(30,31)27-13-12-18-8-5-6-9-20(18)16-27/h5-11,14-15H,12-13,16H2,1-4H3,(H,25,29). The molecule has 32 heavy (non-hydrogen) atoms. The van der Waals surface area contributed by atoms with Crippen molar-refractivity contribution in [3.8, 4) is 0 Å². The molecule has 7 nitrogen and oxygen atoms in total. The van der Waals surface area contributed by atoms with Crippen LogP contribution in [0.15, 0.2) is 59.5 Å². The second-order valence-corrected chi connectivity index (χ2v) is 11.0. The lowest BCUT2D eigenvalue weighted by molar-refractivity contribution is 0.102. The molecule has 0 atom stereocenters. The summed E-state index contributed by atoms with van der Waals surface area (Å²) in [6.45, 7) is 8.61. The Balaban J connectivity index is 1.58. The normalized spacial score (nSPS) is 14.8. The Labute approximate surface area is 189 Å². The van der Waals surface area contributed by atoms with Gasteiger partial charge in [-0.1, -0.05) is 30.3 Å². The van der Waals surface area contributed by atoms with Crippen LogP contribution in [0.3, 0.4) is 0 Å². The van der Waals surface area contributed by atoms with Crippen LogP contribution in [0.25, 0.3) is 0 Å². The summed E-state index contributed by atoms with van der Waals surface area (Å²) in [6, 6.07) is 15.9. The first-order valence-electron chi connectivity index (χ1n) is 10.6. The number of carbonyl (C=O) groups is 1. The van der Waals surface area contributed by atoms with Gasteiger partial charge < -0.3 is 5.32 Å². The van der Waals surface area contributed by atoms with Crippen LogP contribution in [-0.4, -0.2) is 35.0 Å². The maximum atomic E-state index is 13.3. The first-order valence-corrected chi connectivity index (χ1v) is 12.1. The zero-order valence-electron chi connectivity index (χ0n) is 18.8. The van der Waals surface area contributed by atoms with Gasteiger partial charge in [-0.2, -0.15) is 9.40 Å². The summed E-state index contributed by atoms with van der Waals surface area (Å²) in [4.78, 5) is 13.1. The Morgan fingerprint density at radius 2 is 1.75 bits per heavy atom. The van der Waals surface area contributed by atoms with Crippen LogP contribution >= 0.6 is 0 Å². The largest absolute Gasteiger partial charge is 0.307 e. The topological polar surface area (TPSA) is 84.3 Å². The van der Waals surface area contributed by atoms with E-state index in [4.69, 9.17) is 0 Å². The molecule has 1 aliphatic heterocycles. The third kappa shape index (κ3) is 4.33. The summed E-state index contributed by atoms with van der Waals surface area (Å²) in [5.74, 6) is 0.192. The summed E-state index contributed by atoms with van der Waals surface area (Å²) in [5.41, 5.74) is 2.95. The number of aromatic nitrogens is 2. The SMILES string of the molecule is Cc1cc(NC(=O)c2cccc(S(=O)(=O)N3CCc4ccccc4C3)c2)n(C(C)(C)C)n1. The van der Waals surface area contributed by atoms with Gasteiger partial charge in [0.15, 0.2) is 0 Å². The third-order valence-electron chi connectivity index (χ3n) is 5.54. The molecule has 1 aromatic heterocycles. The van der Waals surface area contributed by atoms with Crippen LogP contribution < -0.4 is 5.32 Å². The minimum absolute atomic E-state index is 0.116. The molecule has 168 valence electrons. The Morgan fingerprint density at radius 3 is 2.47 bits per heavy atom. The molecular weight excluding hydrogens is 424 g/mol. The number of hydrogen-bond donors (Lipinski definition) is 1. The lowest BCUT2D eigenvalue weighted by Gasteiger charge is -2.28. The molecule has 1 N–H and O–H groups in total. The van der Waals surface area contributed by atoms with Crippen molar-refractivity contribution in [2.45, 2.75) is 51.1 Å². The van der Waals surface area contributed by atoms with Crippen molar-refractivity contribution in [1.82, 2.24) is 14.1 Å².